The molecule has 0 atom stereocenters. The molecule has 0 spiro atoms. The van der Waals surface area contributed by atoms with Crippen LogP contribution in [0.1, 0.15) is 23.8 Å². The molecule has 0 saturated heterocycles. The van der Waals surface area contributed by atoms with E-state index in [1.165, 1.54) is 16.2 Å². The number of nitrogens with zero attached hydrogens (tertiary/aromatic N) is 2. The fourth-order valence-corrected chi connectivity index (χ4v) is 3.08. The molecule has 0 unspecified atom stereocenters. The van der Waals surface area contributed by atoms with E-state index in [0.717, 1.165) is 12.0 Å². The number of nitrogens with one attached hydrogen (secondary N) is 1. The molecule has 2 rings (SSSR count). The first-order valence-corrected chi connectivity index (χ1v) is 8.57. The maximum absolute atomic E-state index is 12.6. The lowest BCUT2D eigenvalue weighted by Gasteiger charge is -2.20. The molecule has 6 nitrogen and oxygen atoms in total. The van der Waals surface area contributed by atoms with Crippen LogP contribution in [-0.2, 0) is 4.79 Å². The van der Waals surface area contributed by atoms with Crippen LogP contribution in [0.3, 0.4) is 0 Å². The Morgan fingerprint density at radius 3 is 2.75 bits per heavy atom. The Morgan fingerprint density at radius 1 is 1.33 bits per heavy atom. The minimum absolute atomic E-state index is 0.0324. The third-order valence-electron chi connectivity index (χ3n) is 3.45. The zero-order valence-electron chi connectivity index (χ0n) is 14.0. The second-order valence-electron chi connectivity index (χ2n) is 5.14. The molecule has 1 N–H and O–H groups in total. The number of ether oxygens (including phenoxy) is 1. The summed E-state index contributed by atoms with van der Waals surface area (Å²) < 4.78 is 5.34. The van der Waals surface area contributed by atoms with Crippen molar-refractivity contribution in [2.24, 2.45) is 0 Å². The van der Waals surface area contributed by atoms with Gasteiger partial charge in [-0.25, -0.2) is 4.98 Å². The molecule has 0 fully saturated rings. The van der Waals surface area contributed by atoms with Gasteiger partial charge in [0.1, 0.15) is 16.5 Å². The van der Waals surface area contributed by atoms with Gasteiger partial charge in [0.15, 0.2) is 0 Å². The molecule has 7 heteroatoms. The van der Waals surface area contributed by atoms with Gasteiger partial charge in [-0.15, -0.1) is 11.3 Å². The smallest absolute Gasteiger partial charge is 0.273 e. The first kappa shape index (κ1) is 17.9. The maximum atomic E-state index is 12.6. The molecule has 2 aromatic rings. The number of thiazole rings is 1. The van der Waals surface area contributed by atoms with Gasteiger partial charge in [-0.05, 0) is 18.6 Å². The monoisotopic (exact) mass is 347 g/mol. The van der Waals surface area contributed by atoms with E-state index in [9.17, 15) is 9.59 Å². The molecule has 1 aromatic heterocycles. The normalized spacial score (nSPS) is 10.3. The Labute approximate surface area is 145 Å². The van der Waals surface area contributed by atoms with Crippen LogP contribution in [0.2, 0.25) is 0 Å². The summed E-state index contributed by atoms with van der Waals surface area (Å²) in [6, 6.07) is 7.54. The molecule has 1 heterocycles. The second kappa shape index (κ2) is 8.44. The number of methoxy groups -OCH3 is 1. The molecule has 0 aliphatic carbocycles. The molecule has 0 saturated carbocycles. The maximum Gasteiger partial charge on any atom is 0.273 e. The van der Waals surface area contributed by atoms with Crippen LogP contribution in [0.5, 0.6) is 5.75 Å². The number of hydrogen-bond acceptors (Lipinski definition) is 5. The van der Waals surface area contributed by atoms with E-state index in [4.69, 9.17) is 4.74 Å². The molecule has 0 aliphatic heterocycles. The number of hydrogen-bond donors (Lipinski definition) is 1. The molecule has 0 radical (unpaired) electrons. The van der Waals surface area contributed by atoms with Crippen molar-refractivity contribution < 1.29 is 14.3 Å². The number of para-hydroxylation sites is 1. The van der Waals surface area contributed by atoms with Crippen LogP contribution in [-0.4, -0.2) is 48.9 Å². The fourth-order valence-electron chi connectivity index (χ4n) is 2.25. The highest BCUT2D eigenvalue weighted by Crippen LogP contribution is 2.32. The number of carbonyl (C=O) groups excluding carboxylic acids is 2. The van der Waals surface area contributed by atoms with Crippen molar-refractivity contribution in [2.45, 2.75) is 13.3 Å². The van der Waals surface area contributed by atoms with Gasteiger partial charge in [-0.3, -0.25) is 9.59 Å². The van der Waals surface area contributed by atoms with E-state index < -0.39 is 0 Å². The molecular weight excluding hydrogens is 326 g/mol. The van der Waals surface area contributed by atoms with E-state index in [0.29, 0.717) is 23.0 Å². The van der Waals surface area contributed by atoms with Crippen LogP contribution in [0.25, 0.3) is 10.6 Å². The van der Waals surface area contributed by atoms with E-state index in [1.54, 1.807) is 19.5 Å². The highest BCUT2D eigenvalue weighted by Gasteiger charge is 2.21. The van der Waals surface area contributed by atoms with Gasteiger partial charge in [0.25, 0.3) is 5.91 Å². The summed E-state index contributed by atoms with van der Waals surface area (Å²) in [5.41, 5.74) is 1.19. The summed E-state index contributed by atoms with van der Waals surface area (Å²) >= 11 is 1.38. The molecular formula is C17H21N3O3S. The first-order valence-electron chi connectivity index (χ1n) is 7.69. The summed E-state index contributed by atoms with van der Waals surface area (Å²) in [5, 5.41) is 4.97. The highest BCUT2D eigenvalue weighted by atomic mass is 32.1. The van der Waals surface area contributed by atoms with Crippen molar-refractivity contribution in [1.29, 1.82) is 0 Å². The summed E-state index contributed by atoms with van der Waals surface area (Å²) in [6.45, 7) is 2.50. The number of benzene rings is 1. The number of carbonyl (C=O) groups is 2. The average Bonchev–Trinajstić information content (AvgIpc) is 3.10. The molecule has 0 bridgehead atoms. The van der Waals surface area contributed by atoms with Crippen LogP contribution < -0.4 is 10.1 Å². The van der Waals surface area contributed by atoms with Gasteiger partial charge in [0, 0.05) is 19.0 Å². The van der Waals surface area contributed by atoms with E-state index in [2.05, 4.69) is 10.3 Å². The van der Waals surface area contributed by atoms with Crippen molar-refractivity contribution >= 4 is 23.2 Å². The lowest BCUT2D eigenvalue weighted by molar-refractivity contribution is -0.121. The third-order valence-corrected chi connectivity index (χ3v) is 4.33. The van der Waals surface area contributed by atoms with E-state index >= 15 is 0 Å². The minimum atomic E-state index is -0.238. The van der Waals surface area contributed by atoms with Gasteiger partial charge >= 0.3 is 0 Å². The third kappa shape index (κ3) is 4.11. The Kier molecular flexibility index (Phi) is 6.31. The predicted octanol–water partition coefficient (Wildman–Crippen LogP) is 2.42. The lowest BCUT2D eigenvalue weighted by atomic mass is 10.2. The van der Waals surface area contributed by atoms with Crippen LogP contribution in [0.15, 0.2) is 29.6 Å². The average molecular weight is 347 g/mol. The Morgan fingerprint density at radius 2 is 2.08 bits per heavy atom. The van der Waals surface area contributed by atoms with Crippen molar-refractivity contribution in [3.8, 4) is 16.3 Å². The van der Waals surface area contributed by atoms with Gasteiger partial charge in [0.05, 0.1) is 19.2 Å². The molecule has 24 heavy (non-hydrogen) atoms. The lowest BCUT2D eigenvalue weighted by Crippen LogP contribution is -2.40. The number of aromatic nitrogens is 1. The van der Waals surface area contributed by atoms with Crippen molar-refractivity contribution in [2.75, 3.05) is 27.2 Å². The standard InChI is InChI=1S/C17H21N3O3S/c1-4-9-20(10-15(21)18-2)17(22)13-11-24-16(19-13)12-7-5-6-8-14(12)23-3/h5-8,11H,4,9-10H2,1-3H3,(H,18,21). The van der Waals surface area contributed by atoms with Gasteiger partial charge in [0.2, 0.25) is 5.91 Å². The second-order valence-corrected chi connectivity index (χ2v) is 6.00. The fraction of sp³-hybridized carbons (Fsp3) is 0.353. The minimum Gasteiger partial charge on any atom is -0.496 e. The van der Waals surface area contributed by atoms with Crippen molar-refractivity contribution in [1.82, 2.24) is 15.2 Å². The predicted molar refractivity (Wildman–Crippen MR) is 94.4 cm³/mol. The Balaban J connectivity index is 2.24. The van der Waals surface area contributed by atoms with E-state index in [1.807, 2.05) is 31.2 Å². The van der Waals surface area contributed by atoms with Crippen LogP contribution in [0, 0.1) is 0 Å². The molecule has 128 valence electrons. The number of likely N-dealkylation sites (N-methyl/N-ethyl adjacent to an activating group) is 1. The first-order chi connectivity index (χ1) is 11.6. The zero-order chi connectivity index (χ0) is 17.5. The Bertz CT molecular complexity index is 715. The van der Waals surface area contributed by atoms with Gasteiger partial charge in [-0.1, -0.05) is 19.1 Å². The highest BCUT2D eigenvalue weighted by molar-refractivity contribution is 7.13. The summed E-state index contributed by atoms with van der Waals surface area (Å²) in [4.78, 5) is 30.2. The summed E-state index contributed by atoms with van der Waals surface area (Å²) in [7, 11) is 3.16. The SMILES string of the molecule is CCCN(CC(=O)NC)C(=O)c1csc(-c2ccccc2OC)n1. The number of rotatable bonds is 7. The molecule has 2 amide bonds. The summed E-state index contributed by atoms with van der Waals surface area (Å²) in [5.74, 6) is 0.274. The quantitative estimate of drug-likeness (QED) is 0.835. The Hall–Kier alpha value is -2.41. The summed E-state index contributed by atoms with van der Waals surface area (Å²) in [6.07, 6.45) is 0.770. The van der Waals surface area contributed by atoms with Crippen LogP contribution >= 0.6 is 11.3 Å². The molecule has 0 aliphatic rings. The van der Waals surface area contributed by atoms with Gasteiger partial charge < -0.3 is 15.0 Å². The largest absolute Gasteiger partial charge is 0.496 e. The topological polar surface area (TPSA) is 71.5 Å². The van der Waals surface area contributed by atoms with Crippen LogP contribution in [0.4, 0.5) is 0 Å². The number of amides is 2. The molecule has 1 aromatic carbocycles. The van der Waals surface area contributed by atoms with Crippen molar-refractivity contribution in [3.63, 3.8) is 0 Å². The van der Waals surface area contributed by atoms with Crippen molar-refractivity contribution in [3.05, 3.63) is 35.3 Å². The zero-order valence-corrected chi connectivity index (χ0v) is 14.9. The van der Waals surface area contributed by atoms with E-state index in [-0.39, 0.29) is 18.4 Å². The van der Waals surface area contributed by atoms with Gasteiger partial charge in [-0.2, -0.15) is 0 Å².